The van der Waals surface area contributed by atoms with E-state index in [1.807, 2.05) is 58.0 Å². The van der Waals surface area contributed by atoms with Crippen LogP contribution in [0, 0.1) is 12.3 Å². The number of thiophene rings is 1. The molecule has 0 N–H and O–H groups in total. The van der Waals surface area contributed by atoms with Crippen molar-refractivity contribution in [2.75, 3.05) is 39.1 Å². The molecule has 0 spiro atoms. The molecule has 35 heavy (non-hydrogen) atoms. The first-order valence-corrected chi connectivity index (χ1v) is 11.9. The average molecular weight is 507 g/mol. The molecule has 0 aliphatic rings. The first-order valence-electron chi connectivity index (χ1n) is 11.1. The number of hydrogen-bond acceptors (Lipinski definition) is 6. The van der Waals surface area contributed by atoms with Crippen molar-refractivity contribution in [2.45, 2.75) is 41.0 Å². The van der Waals surface area contributed by atoms with Crippen LogP contribution < -0.4 is 10.5 Å². The zero-order valence-electron chi connectivity index (χ0n) is 21.6. The molecule has 6 nitrogen and oxygen atoms in total. The van der Waals surface area contributed by atoms with Crippen LogP contribution in [0.1, 0.15) is 41.0 Å². The number of anilines is 1. The zero-order chi connectivity index (χ0) is 26.8. The van der Waals surface area contributed by atoms with Gasteiger partial charge in [-0.1, -0.05) is 25.2 Å². The molecule has 0 saturated carbocycles. The normalized spacial score (nSPS) is 10.6. The van der Waals surface area contributed by atoms with Gasteiger partial charge in [-0.05, 0) is 40.2 Å². The summed E-state index contributed by atoms with van der Waals surface area (Å²) in [5, 5.41) is 0.953. The van der Waals surface area contributed by atoms with Crippen LogP contribution >= 0.6 is 11.3 Å². The molecular weight excluding hydrogens is 470 g/mol. The number of pyridine rings is 1. The molecule has 3 aromatic rings. The lowest BCUT2D eigenvalue weighted by Crippen LogP contribution is -2.18. The third kappa shape index (κ3) is 9.97. The quantitative estimate of drug-likeness (QED) is 0.218. The SMILES string of the molecule is C#CC.C/C=C\COCF.CC/C=C(\C)n1cnc2c(sc3nccc(N(C)C)c32)c1=O.CCF. The van der Waals surface area contributed by atoms with Gasteiger partial charge in [-0.15, -0.1) is 23.7 Å². The molecule has 0 aromatic carbocycles. The number of halogens is 2. The molecule has 3 heterocycles. The van der Waals surface area contributed by atoms with Crippen LogP contribution in [0.25, 0.3) is 26.1 Å². The Morgan fingerprint density at radius 2 is 1.94 bits per heavy atom. The van der Waals surface area contributed by atoms with Crippen molar-refractivity contribution < 1.29 is 13.5 Å². The Hall–Kier alpha value is -3.09. The minimum Gasteiger partial charge on any atom is -0.377 e. The summed E-state index contributed by atoms with van der Waals surface area (Å²) < 4.78 is 27.9. The van der Waals surface area contributed by atoms with E-state index in [9.17, 15) is 13.6 Å². The van der Waals surface area contributed by atoms with E-state index in [1.165, 1.54) is 18.3 Å². The van der Waals surface area contributed by atoms with Crippen LogP contribution in [-0.4, -0.2) is 48.8 Å². The molecule has 0 radical (unpaired) electrons. The lowest BCUT2D eigenvalue weighted by atomic mass is 10.2. The molecular formula is C26H36F2N4O2S. The minimum absolute atomic E-state index is 0.0279. The maximum absolute atomic E-state index is 12.7. The molecule has 0 aliphatic heterocycles. The van der Waals surface area contributed by atoms with Crippen LogP contribution in [0.15, 0.2) is 41.6 Å². The van der Waals surface area contributed by atoms with E-state index in [0.29, 0.717) is 11.3 Å². The van der Waals surface area contributed by atoms with E-state index in [2.05, 4.69) is 27.0 Å². The van der Waals surface area contributed by atoms with E-state index >= 15 is 0 Å². The Bertz CT molecular complexity index is 1180. The third-order valence-electron chi connectivity index (χ3n) is 4.15. The van der Waals surface area contributed by atoms with Crippen molar-refractivity contribution in [3.8, 4) is 12.3 Å². The Kier molecular flexibility index (Phi) is 16.7. The number of allylic oxidation sites excluding steroid dienone is 3. The van der Waals surface area contributed by atoms with Gasteiger partial charge in [0.05, 0.1) is 29.9 Å². The van der Waals surface area contributed by atoms with E-state index in [0.717, 1.165) is 33.5 Å². The van der Waals surface area contributed by atoms with Crippen LogP contribution in [0.4, 0.5) is 14.5 Å². The Balaban J connectivity index is 0.000000743. The van der Waals surface area contributed by atoms with Crippen molar-refractivity contribution >= 4 is 43.2 Å². The molecule has 0 fully saturated rings. The third-order valence-corrected chi connectivity index (χ3v) is 5.22. The van der Waals surface area contributed by atoms with E-state index < -0.39 is 6.86 Å². The zero-order valence-corrected chi connectivity index (χ0v) is 22.5. The van der Waals surface area contributed by atoms with Crippen molar-refractivity contribution in [3.63, 3.8) is 0 Å². The second kappa shape index (κ2) is 18.3. The summed E-state index contributed by atoms with van der Waals surface area (Å²) in [5.74, 6) is 2.25. The number of aromatic nitrogens is 3. The number of ether oxygens (including phenoxy) is 1. The first kappa shape index (κ1) is 31.9. The summed E-state index contributed by atoms with van der Waals surface area (Å²) in [4.78, 5) is 24.6. The van der Waals surface area contributed by atoms with Gasteiger partial charge in [0.15, 0.2) is 6.86 Å². The predicted octanol–water partition coefficient (Wildman–Crippen LogP) is 6.46. The number of fused-ring (bicyclic) bond motifs is 3. The van der Waals surface area contributed by atoms with Gasteiger partial charge < -0.3 is 9.64 Å². The Labute approximate surface area is 211 Å². The molecule has 0 amide bonds. The summed E-state index contributed by atoms with van der Waals surface area (Å²) in [7, 11) is 3.96. The van der Waals surface area contributed by atoms with Gasteiger partial charge in [-0.2, -0.15) is 0 Å². The summed E-state index contributed by atoms with van der Waals surface area (Å²) in [6.07, 6.45) is 14.5. The Morgan fingerprint density at radius 1 is 1.31 bits per heavy atom. The number of hydrogen-bond donors (Lipinski definition) is 0. The maximum Gasteiger partial charge on any atom is 0.275 e. The van der Waals surface area contributed by atoms with Gasteiger partial charge in [-0.3, -0.25) is 13.8 Å². The van der Waals surface area contributed by atoms with Crippen LogP contribution in [-0.2, 0) is 4.74 Å². The number of alkyl halides is 2. The standard InChI is InChI=1S/C16H18N4OS.C5H9FO.C3H4.C2H5F/c1-5-6-10(2)20-9-18-13-12-11(19(3)4)7-8-17-15(12)22-14(13)16(20)21;1-2-3-4-7-5-6;1-3-2;1-2-3/h6-9H,5H2,1-4H3;2-3H,4-5H2,1H3;1H,2H3;2H2,1H3/b10-6+;3-2-;;. The molecule has 9 heteroatoms. The van der Waals surface area contributed by atoms with Crippen molar-refractivity contribution in [3.05, 3.63) is 47.2 Å². The fourth-order valence-corrected chi connectivity index (χ4v) is 3.81. The minimum atomic E-state index is -0.690. The van der Waals surface area contributed by atoms with Gasteiger partial charge in [-0.25, -0.2) is 14.4 Å². The molecule has 0 atom stereocenters. The number of rotatable bonds is 6. The molecule has 0 aliphatic carbocycles. The van der Waals surface area contributed by atoms with E-state index in [4.69, 9.17) is 0 Å². The monoisotopic (exact) mass is 506 g/mol. The highest BCUT2D eigenvalue weighted by Crippen LogP contribution is 2.35. The lowest BCUT2D eigenvalue weighted by Gasteiger charge is -2.13. The van der Waals surface area contributed by atoms with Crippen LogP contribution in [0.3, 0.4) is 0 Å². The van der Waals surface area contributed by atoms with Crippen molar-refractivity contribution in [1.82, 2.24) is 14.5 Å². The summed E-state index contributed by atoms with van der Waals surface area (Å²) in [6.45, 7) is 8.39. The van der Waals surface area contributed by atoms with Crippen LogP contribution in [0.2, 0.25) is 0 Å². The number of terminal acetylenes is 1. The molecule has 0 bridgehead atoms. The summed E-state index contributed by atoms with van der Waals surface area (Å²) in [6, 6.07) is 1.95. The smallest absolute Gasteiger partial charge is 0.275 e. The second-order valence-electron chi connectivity index (χ2n) is 6.96. The van der Waals surface area contributed by atoms with Gasteiger partial charge in [0, 0.05) is 26.0 Å². The van der Waals surface area contributed by atoms with Gasteiger partial charge in [0.1, 0.15) is 15.9 Å². The molecule has 3 aromatic heterocycles. The molecule has 0 saturated heterocycles. The fourth-order valence-electron chi connectivity index (χ4n) is 2.76. The highest BCUT2D eigenvalue weighted by atomic mass is 32.1. The molecule has 3 rings (SSSR count). The first-order chi connectivity index (χ1) is 16.8. The molecule has 192 valence electrons. The van der Waals surface area contributed by atoms with Crippen molar-refractivity contribution in [2.24, 2.45) is 0 Å². The summed E-state index contributed by atoms with van der Waals surface area (Å²) >= 11 is 1.41. The average Bonchev–Trinajstić information content (AvgIpc) is 3.21. The molecule has 0 unspecified atom stereocenters. The highest BCUT2D eigenvalue weighted by molar-refractivity contribution is 7.25. The van der Waals surface area contributed by atoms with Gasteiger partial charge in [0.25, 0.3) is 5.56 Å². The summed E-state index contributed by atoms with van der Waals surface area (Å²) in [5.41, 5.74) is 2.64. The number of nitrogens with zero attached hydrogens (tertiary/aromatic N) is 4. The largest absolute Gasteiger partial charge is 0.377 e. The Morgan fingerprint density at radius 3 is 2.46 bits per heavy atom. The highest BCUT2D eigenvalue weighted by Gasteiger charge is 2.16. The predicted molar refractivity (Wildman–Crippen MR) is 147 cm³/mol. The lowest BCUT2D eigenvalue weighted by molar-refractivity contribution is 0.0777. The van der Waals surface area contributed by atoms with Crippen LogP contribution in [0.5, 0.6) is 0 Å². The van der Waals surface area contributed by atoms with E-state index in [-0.39, 0.29) is 12.2 Å². The van der Waals surface area contributed by atoms with Gasteiger partial charge in [0.2, 0.25) is 0 Å². The van der Waals surface area contributed by atoms with Gasteiger partial charge >= 0.3 is 0 Å². The fraction of sp³-hybridized carbons (Fsp3) is 0.423. The second-order valence-corrected chi connectivity index (χ2v) is 7.96. The van der Waals surface area contributed by atoms with Crippen molar-refractivity contribution in [1.29, 1.82) is 0 Å². The van der Waals surface area contributed by atoms with E-state index in [1.54, 1.807) is 30.1 Å². The maximum atomic E-state index is 12.7. The topological polar surface area (TPSA) is 60.2 Å².